The number of aromatic nitrogens is 2. The molecule has 0 radical (unpaired) electrons. The largest absolute Gasteiger partial charge is 0.268 e. The van der Waals surface area contributed by atoms with Crippen molar-refractivity contribution in [2.45, 2.75) is 0 Å². The maximum absolute atomic E-state index is 10.9. The maximum atomic E-state index is 10.9. The van der Waals surface area contributed by atoms with Crippen molar-refractivity contribution >= 4 is 11.3 Å². The second kappa shape index (κ2) is 2.91. The Bertz CT molecular complexity index is 419. The van der Waals surface area contributed by atoms with Gasteiger partial charge in [0.25, 0.3) is 5.56 Å². The van der Waals surface area contributed by atoms with Gasteiger partial charge in [-0.1, -0.05) is 0 Å². The second-order valence-electron chi connectivity index (χ2n) is 2.35. The predicted molar refractivity (Wildman–Crippen MR) is 48.2 cm³/mol. The summed E-state index contributed by atoms with van der Waals surface area (Å²) in [5.74, 6) is 0. The number of hydrogen-bond acceptors (Lipinski definition) is 3. The van der Waals surface area contributed by atoms with Crippen LogP contribution in [0.15, 0.2) is 33.9 Å². The van der Waals surface area contributed by atoms with E-state index in [0.29, 0.717) is 0 Å². The molecule has 0 aliphatic rings. The van der Waals surface area contributed by atoms with Crippen LogP contribution in [0.25, 0.3) is 11.1 Å². The monoisotopic (exact) mass is 178 g/mol. The van der Waals surface area contributed by atoms with Crippen LogP contribution in [0.1, 0.15) is 0 Å². The van der Waals surface area contributed by atoms with Crippen LogP contribution in [-0.4, -0.2) is 10.2 Å². The highest BCUT2D eigenvalue weighted by atomic mass is 32.1. The molecule has 2 aromatic rings. The third kappa shape index (κ3) is 1.29. The summed E-state index contributed by atoms with van der Waals surface area (Å²) in [5, 5.41) is 9.99. The molecular formula is C8H6N2OS. The number of nitrogens with zero attached hydrogens (tertiary/aromatic N) is 1. The SMILES string of the molecule is O=c1cc(-c2ccsc2)cn[nH]1. The number of thiophene rings is 1. The minimum absolute atomic E-state index is 0.168. The summed E-state index contributed by atoms with van der Waals surface area (Å²) in [6, 6.07) is 3.50. The fraction of sp³-hybridized carbons (Fsp3) is 0. The number of nitrogens with one attached hydrogen (secondary N) is 1. The van der Waals surface area contributed by atoms with Crippen molar-refractivity contribution in [3.05, 3.63) is 39.4 Å². The summed E-state index contributed by atoms with van der Waals surface area (Å²) in [6.45, 7) is 0. The van der Waals surface area contributed by atoms with Crippen LogP contribution in [0.3, 0.4) is 0 Å². The van der Waals surface area contributed by atoms with Gasteiger partial charge in [0.2, 0.25) is 0 Å². The van der Waals surface area contributed by atoms with Gasteiger partial charge in [0.15, 0.2) is 0 Å². The Kier molecular flexibility index (Phi) is 1.75. The minimum atomic E-state index is -0.168. The standard InChI is InChI=1S/C8H6N2OS/c11-8-3-7(4-9-10-8)6-1-2-12-5-6/h1-5H,(H,10,11). The van der Waals surface area contributed by atoms with Crippen LogP contribution in [0.2, 0.25) is 0 Å². The van der Waals surface area contributed by atoms with Gasteiger partial charge >= 0.3 is 0 Å². The highest BCUT2D eigenvalue weighted by Gasteiger charge is 1.97. The van der Waals surface area contributed by atoms with Gasteiger partial charge in [-0.3, -0.25) is 4.79 Å². The van der Waals surface area contributed by atoms with Gasteiger partial charge in [-0.15, -0.1) is 0 Å². The van der Waals surface area contributed by atoms with Crippen LogP contribution in [0.5, 0.6) is 0 Å². The van der Waals surface area contributed by atoms with Gasteiger partial charge in [-0.05, 0) is 22.4 Å². The highest BCUT2D eigenvalue weighted by molar-refractivity contribution is 7.08. The first-order valence-electron chi connectivity index (χ1n) is 3.43. The van der Waals surface area contributed by atoms with Crippen molar-refractivity contribution in [3.63, 3.8) is 0 Å². The van der Waals surface area contributed by atoms with Crippen molar-refractivity contribution < 1.29 is 0 Å². The fourth-order valence-electron chi connectivity index (χ4n) is 0.963. The molecule has 3 nitrogen and oxygen atoms in total. The van der Waals surface area contributed by atoms with Crippen molar-refractivity contribution in [3.8, 4) is 11.1 Å². The van der Waals surface area contributed by atoms with Crippen molar-refractivity contribution in [2.24, 2.45) is 0 Å². The summed E-state index contributed by atoms with van der Waals surface area (Å²) < 4.78 is 0. The normalized spacial score (nSPS) is 10.0. The third-order valence-corrected chi connectivity index (χ3v) is 2.20. The van der Waals surface area contributed by atoms with E-state index in [0.717, 1.165) is 11.1 Å². The molecule has 1 N–H and O–H groups in total. The smallest absolute Gasteiger partial charge is 0.264 e. The zero-order valence-corrected chi connectivity index (χ0v) is 6.97. The molecule has 0 saturated heterocycles. The molecule has 0 bridgehead atoms. The molecule has 2 rings (SSSR count). The van der Waals surface area contributed by atoms with E-state index < -0.39 is 0 Å². The minimum Gasteiger partial charge on any atom is -0.268 e. The first-order valence-corrected chi connectivity index (χ1v) is 4.38. The number of aromatic amines is 1. The molecule has 12 heavy (non-hydrogen) atoms. The van der Waals surface area contributed by atoms with Crippen molar-refractivity contribution in [2.75, 3.05) is 0 Å². The van der Waals surface area contributed by atoms with E-state index in [9.17, 15) is 4.79 Å². The molecule has 0 saturated carbocycles. The summed E-state index contributed by atoms with van der Waals surface area (Å²) >= 11 is 1.60. The first kappa shape index (κ1) is 7.24. The van der Waals surface area contributed by atoms with Crippen LogP contribution in [0, 0.1) is 0 Å². The van der Waals surface area contributed by atoms with E-state index in [4.69, 9.17) is 0 Å². The third-order valence-electron chi connectivity index (χ3n) is 1.52. The summed E-state index contributed by atoms with van der Waals surface area (Å²) in [7, 11) is 0. The lowest BCUT2D eigenvalue weighted by atomic mass is 10.2. The highest BCUT2D eigenvalue weighted by Crippen LogP contribution is 2.18. The predicted octanol–water partition coefficient (Wildman–Crippen LogP) is 1.50. The zero-order chi connectivity index (χ0) is 8.39. The van der Waals surface area contributed by atoms with Gasteiger partial charge in [0, 0.05) is 11.6 Å². The molecule has 2 aromatic heterocycles. The lowest BCUT2D eigenvalue weighted by Gasteiger charge is -1.92. The van der Waals surface area contributed by atoms with Gasteiger partial charge < -0.3 is 0 Å². The van der Waals surface area contributed by atoms with Gasteiger partial charge in [-0.2, -0.15) is 16.4 Å². The molecule has 0 aliphatic heterocycles. The lowest BCUT2D eigenvalue weighted by Crippen LogP contribution is -2.05. The Morgan fingerprint density at radius 1 is 1.42 bits per heavy atom. The molecule has 4 heteroatoms. The second-order valence-corrected chi connectivity index (χ2v) is 3.13. The molecular weight excluding hydrogens is 172 g/mol. The Morgan fingerprint density at radius 2 is 2.33 bits per heavy atom. The van der Waals surface area contributed by atoms with E-state index in [1.165, 1.54) is 6.07 Å². The number of hydrogen-bond donors (Lipinski definition) is 1. The van der Waals surface area contributed by atoms with E-state index in [2.05, 4.69) is 10.2 Å². The quantitative estimate of drug-likeness (QED) is 0.719. The molecule has 60 valence electrons. The van der Waals surface area contributed by atoms with Crippen LogP contribution in [0.4, 0.5) is 0 Å². The molecule has 0 aromatic carbocycles. The topological polar surface area (TPSA) is 45.8 Å². The average molecular weight is 178 g/mol. The maximum Gasteiger partial charge on any atom is 0.264 e. The lowest BCUT2D eigenvalue weighted by molar-refractivity contribution is 0.991. The molecule has 2 heterocycles. The van der Waals surface area contributed by atoms with Crippen LogP contribution in [-0.2, 0) is 0 Å². The molecule has 0 spiro atoms. The van der Waals surface area contributed by atoms with E-state index in [-0.39, 0.29) is 5.56 Å². The van der Waals surface area contributed by atoms with E-state index in [1.807, 2.05) is 16.8 Å². The fourth-order valence-corrected chi connectivity index (χ4v) is 1.63. The molecule has 0 atom stereocenters. The Balaban J connectivity index is 2.55. The van der Waals surface area contributed by atoms with E-state index >= 15 is 0 Å². The zero-order valence-electron chi connectivity index (χ0n) is 6.15. The first-order chi connectivity index (χ1) is 5.86. The molecule has 0 fully saturated rings. The molecule has 0 unspecified atom stereocenters. The summed E-state index contributed by atoms with van der Waals surface area (Å²) in [5.41, 5.74) is 1.73. The Labute approximate surface area is 72.7 Å². The van der Waals surface area contributed by atoms with Crippen LogP contribution < -0.4 is 5.56 Å². The van der Waals surface area contributed by atoms with Gasteiger partial charge in [-0.25, -0.2) is 5.10 Å². The van der Waals surface area contributed by atoms with Gasteiger partial charge in [0.05, 0.1) is 6.20 Å². The molecule has 0 amide bonds. The van der Waals surface area contributed by atoms with Gasteiger partial charge in [0.1, 0.15) is 0 Å². The number of rotatable bonds is 1. The average Bonchev–Trinajstić information content (AvgIpc) is 2.56. The Morgan fingerprint density at radius 3 is 3.00 bits per heavy atom. The Hall–Kier alpha value is -1.42. The molecule has 0 aliphatic carbocycles. The number of H-pyrrole nitrogens is 1. The van der Waals surface area contributed by atoms with Crippen LogP contribution >= 0.6 is 11.3 Å². The van der Waals surface area contributed by atoms with Crippen molar-refractivity contribution in [1.29, 1.82) is 0 Å². The summed E-state index contributed by atoms with van der Waals surface area (Å²) in [6.07, 6.45) is 1.64. The summed E-state index contributed by atoms with van der Waals surface area (Å²) in [4.78, 5) is 10.9. The van der Waals surface area contributed by atoms with Crippen molar-refractivity contribution in [1.82, 2.24) is 10.2 Å². The van der Waals surface area contributed by atoms with E-state index in [1.54, 1.807) is 17.5 Å².